The summed E-state index contributed by atoms with van der Waals surface area (Å²) in [4.78, 5) is 14.3. The topological polar surface area (TPSA) is 76.8 Å². The van der Waals surface area contributed by atoms with E-state index in [1.807, 2.05) is 39.0 Å². The van der Waals surface area contributed by atoms with Gasteiger partial charge in [0.15, 0.2) is 0 Å². The van der Waals surface area contributed by atoms with Crippen LogP contribution in [0.1, 0.15) is 26.3 Å². The number of benzene rings is 1. The van der Waals surface area contributed by atoms with Gasteiger partial charge in [-0.05, 0) is 26.3 Å². The second-order valence-corrected chi connectivity index (χ2v) is 7.12. The van der Waals surface area contributed by atoms with E-state index in [1.54, 1.807) is 0 Å². The molecule has 6 nitrogen and oxygen atoms in total. The number of rotatable bonds is 5. The first-order chi connectivity index (χ1) is 11.4. The molecule has 1 heterocycles. The number of morpholine rings is 1. The van der Waals surface area contributed by atoms with E-state index in [1.165, 1.54) is 5.56 Å². The van der Waals surface area contributed by atoms with Crippen LogP contribution < -0.4 is 11.1 Å². The molecule has 0 bridgehead atoms. The molecule has 1 fully saturated rings. The van der Waals surface area contributed by atoms with Crippen LogP contribution >= 0.6 is 0 Å². The van der Waals surface area contributed by atoms with Gasteiger partial charge in [0.1, 0.15) is 5.60 Å². The predicted molar refractivity (Wildman–Crippen MR) is 93.7 cm³/mol. The molecule has 1 aliphatic heterocycles. The number of nitrogens with one attached hydrogen (secondary N) is 1. The Bertz CT molecular complexity index is 516. The highest BCUT2D eigenvalue weighted by Gasteiger charge is 2.29. The van der Waals surface area contributed by atoms with Crippen LogP contribution in [0.15, 0.2) is 30.3 Å². The normalized spacial score (nSPS) is 20.4. The molecular weight excluding hydrogens is 306 g/mol. The van der Waals surface area contributed by atoms with E-state index in [0.29, 0.717) is 13.2 Å². The van der Waals surface area contributed by atoms with Gasteiger partial charge in [-0.3, -0.25) is 4.90 Å². The number of ether oxygens (including phenoxy) is 2. The standard InChI is InChI=1S/C18H29N3O3/c1-18(2,3)24-17(22)20-15(11-19)16-13-21(9-10-23-16)12-14-7-5-4-6-8-14/h4-8,15-16H,9-13,19H2,1-3H3,(H,20,22). The monoisotopic (exact) mass is 335 g/mol. The van der Waals surface area contributed by atoms with Crippen LogP contribution in [0.25, 0.3) is 0 Å². The fourth-order valence-electron chi connectivity index (χ4n) is 2.72. The smallest absolute Gasteiger partial charge is 0.408 e. The van der Waals surface area contributed by atoms with Crippen LogP contribution in [-0.4, -0.2) is 55.0 Å². The van der Waals surface area contributed by atoms with Crippen molar-refractivity contribution < 1.29 is 14.3 Å². The van der Waals surface area contributed by atoms with Crippen LogP contribution in [0.2, 0.25) is 0 Å². The Balaban J connectivity index is 1.90. The van der Waals surface area contributed by atoms with Crippen molar-refractivity contribution in [1.29, 1.82) is 0 Å². The second-order valence-electron chi connectivity index (χ2n) is 7.12. The number of hydrogen-bond donors (Lipinski definition) is 2. The lowest BCUT2D eigenvalue weighted by Crippen LogP contribution is -2.56. The molecule has 2 atom stereocenters. The molecule has 1 aliphatic rings. The summed E-state index contributed by atoms with van der Waals surface area (Å²) < 4.78 is 11.1. The molecule has 1 aromatic rings. The van der Waals surface area contributed by atoms with Crippen molar-refractivity contribution in [3.05, 3.63) is 35.9 Å². The Morgan fingerprint density at radius 2 is 2.12 bits per heavy atom. The molecule has 0 spiro atoms. The van der Waals surface area contributed by atoms with Crippen LogP contribution in [0, 0.1) is 0 Å². The predicted octanol–water partition coefficient (Wildman–Crippen LogP) is 1.74. The van der Waals surface area contributed by atoms with Crippen molar-refractivity contribution in [3.8, 4) is 0 Å². The van der Waals surface area contributed by atoms with Gasteiger partial charge >= 0.3 is 6.09 Å². The zero-order chi connectivity index (χ0) is 17.6. The molecule has 3 N–H and O–H groups in total. The molecule has 0 radical (unpaired) electrons. The van der Waals surface area contributed by atoms with Gasteiger partial charge in [-0.2, -0.15) is 0 Å². The molecule has 0 aromatic heterocycles. The summed E-state index contributed by atoms with van der Waals surface area (Å²) >= 11 is 0. The van der Waals surface area contributed by atoms with Gasteiger partial charge < -0.3 is 20.5 Å². The first-order valence-electron chi connectivity index (χ1n) is 8.45. The third kappa shape index (κ3) is 6.11. The van der Waals surface area contributed by atoms with E-state index in [0.717, 1.165) is 19.6 Å². The maximum Gasteiger partial charge on any atom is 0.408 e. The lowest BCUT2D eigenvalue weighted by Gasteiger charge is -2.37. The Hall–Kier alpha value is -1.63. The quantitative estimate of drug-likeness (QED) is 0.857. The number of alkyl carbamates (subject to hydrolysis) is 1. The van der Waals surface area contributed by atoms with Crippen molar-refractivity contribution in [3.63, 3.8) is 0 Å². The Kier molecular flexibility index (Phi) is 6.60. The molecule has 2 unspecified atom stereocenters. The maximum atomic E-state index is 12.0. The number of carbonyl (C=O) groups excluding carboxylic acids is 1. The summed E-state index contributed by atoms with van der Waals surface area (Å²) in [5.74, 6) is 0. The van der Waals surface area contributed by atoms with E-state index in [9.17, 15) is 4.79 Å². The first kappa shape index (κ1) is 18.7. The van der Waals surface area contributed by atoms with Gasteiger partial charge in [-0.15, -0.1) is 0 Å². The van der Waals surface area contributed by atoms with Crippen LogP contribution in [-0.2, 0) is 16.0 Å². The highest BCUT2D eigenvalue weighted by molar-refractivity contribution is 5.68. The van der Waals surface area contributed by atoms with Crippen molar-refractivity contribution in [2.75, 3.05) is 26.2 Å². The van der Waals surface area contributed by atoms with Crippen molar-refractivity contribution in [2.24, 2.45) is 5.73 Å². The van der Waals surface area contributed by atoms with E-state index >= 15 is 0 Å². The van der Waals surface area contributed by atoms with Gasteiger partial charge in [0.2, 0.25) is 0 Å². The van der Waals surface area contributed by atoms with Crippen LogP contribution in [0.3, 0.4) is 0 Å². The minimum absolute atomic E-state index is 0.139. The maximum absolute atomic E-state index is 12.0. The summed E-state index contributed by atoms with van der Waals surface area (Å²) in [6, 6.07) is 10.1. The molecule has 24 heavy (non-hydrogen) atoms. The number of nitrogens with two attached hydrogens (primary N) is 1. The number of hydrogen-bond acceptors (Lipinski definition) is 5. The molecule has 1 aromatic carbocycles. The number of nitrogens with zero attached hydrogens (tertiary/aromatic N) is 1. The summed E-state index contributed by atoms with van der Waals surface area (Å²) in [5, 5.41) is 2.84. The number of carbonyl (C=O) groups is 1. The Labute approximate surface area is 144 Å². The minimum atomic E-state index is -0.532. The zero-order valence-corrected chi connectivity index (χ0v) is 14.8. The molecule has 134 valence electrons. The van der Waals surface area contributed by atoms with Gasteiger partial charge in [0.05, 0.1) is 18.8 Å². The summed E-state index contributed by atoms with van der Waals surface area (Å²) in [6.45, 7) is 8.91. The average molecular weight is 335 g/mol. The Morgan fingerprint density at radius 3 is 2.75 bits per heavy atom. The van der Waals surface area contributed by atoms with Gasteiger partial charge in [0.25, 0.3) is 0 Å². The van der Waals surface area contributed by atoms with E-state index in [-0.39, 0.29) is 12.1 Å². The summed E-state index contributed by atoms with van der Waals surface area (Å²) in [5.41, 5.74) is 6.58. The lowest BCUT2D eigenvalue weighted by atomic mass is 10.1. The summed E-state index contributed by atoms with van der Waals surface area (Å²) in [6.07, 6.45) is -0.596. The van der Waals surface area contributed by atoms with Gasteiger partial charge in [0, 0.05) is 26.2 Å². The molecule has 1 amide bonds. The molecule has 6 heteroatoms. The van der Waals surface area contributed by atoms with Crippen molar-refractivity contribution in [1.82, 2.24) is 10.2 Å². The highest BCUT2D eigenvalue weighted by atomic mass is 16.6. The Morgan fingerprint density at radius 1 is 1.42 bits per heavy atom. The largest absolute Gasteiger partial charge is 0.444 e. The zero-order valence-electron chi connectivity index (χ0n) is 14.8. The minimum Gasteiger partial charge on any atom is -0.444 e. The van der Waals surface area contributed by atoms with E-state index in [2.05, 4.69) is 22.3 Å². The molecule has 1 saturated heterocycles. The van der Waals surface area contributed by atoms with E-state index in [4.69, 9.17) is 15.2 Å². The molecule has 0 aliphatic carbocycles. The summed E-state index contributed by atoms with van der Waals surface area (Å²) in [7, 11) is 0. The average Bonchev–Trinajstić information content (AvgIpc) is 2.52. The molecule has 2 rings (SSSR count). The fraction of sp³-hybridized carbons (Fsp3) is 0.611. The first-order valence-corrected chi connectivity index (χ1v) is 8.45. The SMILES string of the molecule is CC(C)(C)OC(=O)NC(CN)C1CN(Cc2ccccc2)CCO1. The number of amides is 1. The van der Waals surface area contributed by atoms with E-state index < -0.39 is 11.7 Å². The third-order valence-corrected chi connectivity index (χ3v) is 3.83. The molecule has 0 saturated carbocycles. The van der Waals surface area contributed by atoms with Gasteiger partial charge in [-0.25, -0.2) is 4.79 Å². The van der Waals surface area contributed by atoms with Crippen LogP contribution in [0.5, 0.6) is 0 Å². The molecular formula is C18H29N3O3. The second kappa shape index (κ2) is 8.46. The highest BCUT2D eigenvalue weighted by Crippen LogP contribution is 2.13. The third-order valence-electron chi connectivity index (χ3n) is 3.83. The lowest BCUT2D eigenvalue weighted by molar-refractivity contribution is -0.0488. The van der Waals surface area contributed by atoms with Crippen LogP contribution in [0.4, 0.5) is 4.79 Å². The van der Waals surface area contributed by atoms with Gasteiger partial charge in [-0.1, -0.05) is 30.3 Å². The fourth-order valence-corrected chi connectivity index (χ4v) is 2.72. The van der Waals surface area contributed by atoms with Crippen molar-refractivity contribution in [2.45, 2.75) is 45.1 Å². The van der Waals surface area contributed by atoms with Crippen molar-refractivity contribution >= 4 is 6.09 Å².